The Morgan fingerprint density at radius 3 is 2.60 bits per heavy atom. The van der Waals surface area contributed by atoms with Gasteiger partial charge in [0.05, 0.1) is 12.6 Å². The molecular formula is C22H19N3O5. The zero-order valence-corrected chi connectivity index (χ0v) is 16.5. The summed E-state index contributed by atoms with van der Waals surface area (Å²) < 4.78 is 3.80. The van der Waals surface area contributed by atoms with E-state index in [-0.39, 0.29) is 30.3 Å². The fourth-order valence-corrected chi connectivity index (χ4v) is 4.85. The zero-order valence-electron chi connectivity index (χ0n) is 16.5. The Morgan fingerprint density at radius 2 is 1.87 bits per heavy atom. The van der Waals surface area contributed by atoms with Crippen molar-refractivity contribution in [3.63, 3.8) is 0 Å². The topological polar surface area (TPSA) is 103 Å². The van der Waals surface area contributed by atoms with E-state index in [1.165, 1.54) is 28.6 Å². The molecule has 8 heteroatoms. The summed E-state index contributed by atoms with van der Waals surface area (Å²) in [4.78, 5) is 51.3. The molecular weight excluding hydrogens is 386 g/mol. The molecule has 152 valence electrons. The Hall–Kier alpha value is -3.68. The number of nitrogens with zero attached hydrogens (tertiary/aromatic N) is 3. The summed E-state index contributed by atoms with van der Waals surface area (Å²) in [6.07, 6.45) is 3.37. The predicted molar refractivity (Wildman–Crippen MR) is 107 cm³/mol. The van der Waals surface area contributed by atoms with E-state index in [1.807, 2.05) is 6.08 Å². The number of allylic oxidation sites excluding steroid dienone is 6. The molecule has 5 rings (SSSR count). The monoisotopic (exact) mass is 405 g/mol. The Bertz CT molecular complexity index is 1360. The average Bonchev–Trinajstić information content (AvgIpc) is 2.95. The number of aromatic nitrogens is 3. The third-order valence-corrected chi connectivity index (χ3v) is 6.22. The molecule has 0 saturated carbocycles. The van der Waals surface area contributed by atoms with E-state index in [9.17, 15) is 24.3 Å². The number of phenols is 1. The van der Waals surface area contributed by atoms with Gasteiger partial charge in [0.1, 0.15) is 5.75 Å². The van der Waals surface area contributed by atoms with Crippen LogP contribution < -0.4 is 11.4 Å². The maximum atomic E-state index is 13.0. The van der Waals surface area contributed by atoms with Crippen molar-refractivity contribution < 1.29 is 14.7 Å². The molecule has 0 unspecified atom stereocenters. The summed E-state index contributed by atoms with van der Waals surface area (Å²) in [6.45, 7) is 1.79. The lowest BCUT2D eigenvalue weighted by Crippen LogP contribution is -2.40. The third kappa shape index (κ3) is 2.33. The fourth-order valence-electron chi connectivity index (χ4n) is 4.85. The number of Topliss-reactive ketones (excluding diaryl/α,β-unsaturated/α-hetero) is 1. The molecule has 3 aliphatic rings. The van der Waals surface area contributed by atoms with Crippen molar-refractivity contribution in [1.82, 2.24) is 13.9 Å². The SMILES string of the molecule is CC1=CC(=O)C2=C(C[C@@H]3C(=CCn4c(=O)n(C)c(=O)n43)[C@@H]2c2cccc(O)c2)C1=O. The maximum absolute atomic E-state index is 13.0. The van der Waals surface area contributed by atoms with Crippen LogP contribution >= 0.6 is 0 Å². The third-order valence-electron chi connectivity index (χ3n) is 6.22. The molecule has 0 saturated heterocycles. The Kier molecular flexibility index (Phi) is 3.77. The van der Waals surface area contributed by atoms with Crippen molar-refractivity contribution in [3.05, 3.63) is 85.2 Å². The summed E-state index contributed by atoms with van der Waals surface area (Å²) in [5.74, 6) is -0.999. The molecule has 1 aromatic heterocycles. The second kappa shape index (κ2) is 6.16. The van der Waals surface area contributed by atoms with Crippen LogP contribution in [0.2, 0.25) is 0 Å². The van der Waals surface area contributed by atoms with Gasteiger partial charge in [-0.3, -0.25) is 9.59 Å². The highest BCUT2D eigenvalue weighted by molar-refractivity contribution is 6.23. The zero-order chi connectivity index (χ0) is 21.3. The van der Waals surface area contributed by atoms with Gasteiger partial charge in [-0.2, -0.15) is 0 Å². The van der Waals surface area contributed by atoms with Crippen molar-refractivity contribution in [3.8, 4) is 5.75 Å². The van der Waals surface area contributed by atoms with Crippen molar-refractivity contribution >= 4 is 11.6 Å². The number of ketones is 2. The minimum absolute atomic E-state index is 0.0447. The van der Waals surface area contributed by atoms with Crippen LogP contribution in [0.5, 0.6) is 5.75 Å². The highest BCUT2D eigenvalue weighted by atomic mass is 16.3. The van der Waals surface area contributed by atoms with Crippen LogP contribution in [0, 0.1) is 0 Å². The van der Waals surface area contributed by atoms with Crippen LogP contribution in [-0.2, 0) is 23.2 Å². The first-order chi connectivity index (χ1) is 14.3. The van der Waals surface area contributed by atoms with Gasteiger partial charge in [0.2, 0.25) is 0 Å². The van der Waals surface area contributed by atoms with Crippen molar-refractivity contribution in [2.45, 2.75) is 31.8 Å². The standard InChI is InChI=1S/C22H19N3O5/c1-11-8-17(27)19-15(20(11)28)10-16-14(18(19)12-4-3-5-13(26)9-12)6-7-24-21(29)23(2)22(30)25(16)24/h3-6,8-9,16,18,26H,7,10H2,1-2H3/t16-,18+/m1/s1. The largest absolute Gasteiger partial charge is 0.508 e. The number of hydrogen-bond donors (Lipinski definition) is 1. The summed E-state index contributed by atoms with van der Waals surface area (Å²) in [5, 5.41) is 10.0. The van der Waals surface area contributed by atoms with Gasteiger partial charge in [0.15, 0.2) is 11.6 Å². The summed E-state index contributed by atoms with van der Waals surface area (Å²) in [7, 11) is 1.42. The van der Waals surface area contributed by atoms with Crippen molar-refractivity contribution in [2.75, 3.05) is 0 Å². The molecule has 1 aromatic carbocycles. The quantitative estimate of drug-likeness (QED) is 0.566. The number of fused-ring (bicyclic) bond motifs is 3. The molecule has 0 spiro atoms. The maximum Gasteiger partial charge on any atom is 0.347 e. The molecule has 1 N–H and O–H groups in total. The van der Waals surface area contributed by atoms with Gasteiger partial charge in [-0.05, 0) is 36.3 Å². The van der Waals surface area contributed by atoms with E-state index in [1.54, 1.807) is 25.1 Å². The van der Waals surface area contributed by atoms with Crippen molar-refractivity contribution in [2.24, 2.45) is 7.05 Å². The normalized spacial score (nSPS) is 22.9. The second-order valence-corrected chi connectivity index (χ2v) is 7.92. The van der Waals surface area contributed by atoms with Gasteiger partial charge in [0.25, 0.3) is 0 Å². The smallest absolute Gasteiger partial charge is 0.347 e. The van der Waals surface area contributed by atoms with Gasteiger partial charge in [-0.15, -0.1) is 0 Å². The molecule has 2 heterocycles. The molecule has 2 aromatic rings. The number of benzene rings is 1. The first-order valence-corrected chi connectivity index (χ1v) is 9.67. The number of carbonyl (C=O) groups excluding carboxylic acids is 2. The van der Waals surface area contributed by atoms with Crippen LogP contribution in [0.3, 0.4) is 0 Å². The van der Waals surface area contributed by atoms with Gasteiger partial charge in [-0.25, -0.2) is 23.5 Å². The minimum Gasteiger partial charge on any atom is -0.508 e. The van der Waals surface area contributed by atoms with Crippen LogP contribution in [0.4, 0.5) is 0 Å². The van der Waals surface area contributed by atoms with Crippen LogP contribution in [0.1, 0.15) is 30.9 Å². The predicted octanol–water partition coefficient (Wildman–Crippen LogP) is 1.12. The van der Waals surface area contributed by atoms with Crippen molar-refractivity contribution in [1.29, 1.82) is 0 Å². The summed E-state index contributed by atoms with van der Waals surface area (Å²) in [6, 6.07) is 6.01. The van der Waals surface area contributed by atoms with E-state index in [2.05, 4.69) is 0 Å². The molecule has 0 radical (unpaired) electrons. The van der Waals surface area contributed by atoms with E-state index >= 15 is 0 Å². The first-order valence-electron chi connectivity index (χ1n) is 9.67. The highest BCUT2D eigenvalue weighted by Gasteiger charge is 2.44. The Morgan fingerprint density at radius 1 is 1.10 bits per heavy atom. The minimum atomic E-state index is -0.581. The Balaban J connectivity index is 1.80. The fraction of sp³-hybridized carbons (Fsp3) is 0.273. The number of rotatable bonds is 1. The van der Waals surface area contributed by atoms with E-state index in [4.69, 9.17) is 0 Å². The first kappa shape index (κ1) is 18.4. The number of phenolic OH excluding ortho intramolecular Hbond substituents is 1. The number of aromatic hydroxyl groups is 1. The van der Waals surface area contributed by atoms with Crippen LogP contribution in [-0.4, -0.2) is 30.6 Å². The number of carbonyl (C=O) groups is 2. The Labute approximate surface area is 170 Å². The molecule has 2 atom stereocenters. The molecule has 8 nitrogen and oxygen atoms in total. The van der Waals surface area contributed by atoms with Gasteiger partial charge < -0.3 is 5.11 Å². The average molecular weight is 405 g/mol. The van der Waals surface area contributed by atoms with Gasteiger partial charge in [-0.1, -0.05) is 18.2 Å². The van der Waals surface area contributed by atoms with E-state index in [0.29, 0.717) is 22.3 Å². The van der Waals surface area contributed by atoms with Crippen LogP contribution in [0.25, 0.3) is 0 Å². The summed E-state index contributed by atoms with van der Waals surface area (Å²) in [5.41, 5.74) is 1.66. The molecule has 30 heavy (non-hydrogen) atoms. The van der Waals surface area contributed by atoms with E-state index < -0.39 is 23.3 Å². The number of hydrogen-bond acceptors (Lipinski definition) is 5. The van der Waals surface area contributed by atoms with Gasteiger partial charge in [0, 0.05) is 36.1 Å². The molecule has 0 amide bonds. The molecule has 2 aliphatic carbocycles. The lowest BCUT2D eigenvalue weighted by atomic mass is 9.68. The van der Waals surface area contributed by atoms with Crippen LogP contribution in [0.15, 0.2) is 68.3 Å². The lowest BCUT2D eigenvalue weighted by Gasteiger charge is -2.39. The lowest BCUT2D eigenvalue weighted by molar-refractivity contribution is -0.116. The molecule has 0 fully saturated rings. The highest BCUT2D eigenvalue weighted by Crippen LogP contribution is 2.49. The van der Waals surface area contributed by atoms with Gasteiger partial charge >= 0.3 is 11.4 Å². The molecule has 0 bridgehead atoms. The second-order valence-electron chi connectivity index (χ2n) is 7.92. The summed E-state index contributed by atoms with van der Waals surface area (Å²) >= 11 is 0. The molecule has 1 aliphatic heterocycles. The van der Waals surface area contributed by atoms with E-state index in [0.717, 1.165) is 10.1 Å².